The van der Waals surface area contributed by atoms with Crippen LogP contribution in [0.15, 0.2) is 54.7 Å². The third kappa shape index (κ3) is 12.0. The molecule has 0 atom stereocenters. The Morgan fingerprint density at radius 3 is 2.00 bits per heavy atom. The third-order valence-electron chi connectivity index (χ3n) is 8.51. The van der Waals surface area contributed by atoms with Crippen LogP contribution >= 0.6 is 0 Å². The van der Waals surface area contributed by atoms with Crippen LogP contribution in [-0.4, -0.2) is 4.98 Å². The first-order chi connectivity index (χ1) is 18.3. The van der Waals surface area contributed by atoms with Gasteiger partial charge in [0, 0.05) is 11.8 Å². The Balaban J connectivity index is 1.30. The van der Waals surface area contributed by atoms with Crippen molar-refractivity contribution in [1.29, 1.82) is 0 Å². The van der Waals surface area contributed by atoms with Crippen LogP contribution in [0.1, 0.15) is 134 Å². The van der Waals surface area contributed by atoms with Gasteiger partial charge in [0.15, 0.2) is 0 Å². The molecule has 0 aliphatic heterocycles. The highest BCUT2D eigenvalue weighted by molar-refractivity contribution is 5.59. The zero-order chi connectivity index (χ0) is 26.0. The summed E-state index contributed by atoms with van der Waals surface area (Å²) in [6.07, 6.45) is 32.9. The van der Waals surface area contributed by atoms with Gasteiger partial charge in [-0.25, -0.2) is 0 Å². The first-order valence-corrected chi connectivity index (χ1v) is 16.0. The molecule has 1 nitrogen and oxygen atoms in total. The summed E-state index contributed by atoms with van der Waals surface area (Å²) in [6.45, 7) is 4.60. The number of pyridine rings is 1. The van der Waals surface area contributed by atoms with Crippen molar-refractivity contribution in [3.63, 3.8) is 0 Å². The summed E-state index contributed by atoms with van der Waals surface area (Å²) in [5.41, 5.74) is 5.13. The SMILES string of the molecule is CCCCCCCCCCc1ccc(-c2ccc(CC/C=C/[C@H]3CC[C@H](CCCCC)CC3)cc2)nc1. The summed E-state index contributed by atoms with van der Waals surface area (Å²) in [7, 11) is 0. The van der Waals surface area contributed by atoms with Crippen LogP contribution in [0.4, 0.5) is 0 Å². The number of hydrogen-bond donors (Lipinski definition) is 0. The highest BCUT2D eigenvalue weighted by Crippen LogP contribution is 2.32. The standard InChI is InChI=1S/C36H55N/c1-3-5-7-8-9-10-11-13-19-34-26-29-36(37-30-34)35-27-24-33(25-28-35)18-15-14-17-32-22-20-31(21-23-32)16-12-6-4-2/h14,17,24-32H,3-13,15-16,18-23H2,1-2H3/b17-14+/t31-,32-. The van der Waals surface area contributed by atoms with E-state index in [4.69, 9.17) is 4.98 Å². The Kier molecular flexibility index (Phi) is 14.7. The molecule has 1 aliphatic carbocycles. The molecule has 0 N–H and O–H groups in total. The molecular formula is C36H55N. The van der Waals surface area contributed by atoms with Gasteiger partial charge in [0.2, 0.25) is 0 Å². The van der Waals surface area contributed by atoms with E-state index in [-0.39, 0.29) is 0 Å². The summed E-state index contributed by atoms with van der Waals surface area (Å²) in [5, 5.41) is 0. The van der Waals surface area contributed by atoms with E-state index < -0.39 is 0 Å². The van der Waals surface area contributed by atoms with E-state index in [9.17, 15) is 0 Å². The van der Waals surface area contributed by atoms with E-state index in [1.807, 2.05) is 0 Å². The summed E-state index contributed by atoms with van der Waals surface area (Å²) in [6, 6.07) is 13.6. The van der Waals surface area contributed by atoms with Crippen molar-refractivity contribution in [3.05, 3.63) is 65.9 Å². The van der Waals surface area contributed by atoms with Crippen LogP contribution in [0.5, 0.6) is 0 Å². The van der Waals surface area contributed by atoms with E-state index in [0.717, 1.165) is 36.8 Å². The minimum Gasteiger partial charge on any atom is -0.256 e. The number of allylic oxidation sites excluding steroid dienone is 2. The monoisotopic (exact) mass is 501 g/mol. The molecule has 37 heavy (non-hydrogen) atoms. The van der Waals surface area contributed by atoms with Crippen LogP contribution in [-0.2, 0) is 12.8 Å². The van der Waals surface area contributed by atoms with Crippen molar-refractivity contribution in [1.82, 2.24) is 4.98 Å². The number of rotatable bonds is 18. The molecular weight excluding hydrogens is 446 g/mol. The van der Waals surface area contributed by atoms with Crippen LogP contribution in [0.3, 0.4) is 0 Å². The van der Waals surface area contributed by atoms with Crippen molar-refractivity contribution in [2.24, 2.45) is 11.8 Å². The van der Waals surface area contributed by atoms with Crippen LogP contribution in [0.25, 0.3) is 11.3 Å². The largest absolute Gasteiger partial charge is 0.256 e. The van der Waals surface area contributed by atoms with E-state index in [1.165, 1.54) is 119 Å². The van der Waals surface area contributed by atoms with E-state index in [1.54, 1.807) is 0 Å². The second kappa shape index (κ2) is 18.4. The summed E-state index contributed by atoms with van der Waals surface area (Å²) in [5.74, 6) is 1.84. The molecule has 0 unspecified atom stereocenters. The predicted octanol–water partition coefficient (Wildman–Crippen LogP) is 11.3. The molecule has 204 valence electrons. The van der Waals surface area contributed by atoms with Crippen molar-refractivity contribution in [2.45, 2.75) is 136 Å². The third-order valence-corrected chi connectivity index (χ3v) is 8.51. The first-order valence-electron chi connectivity index (χ1n) is 16.0. The Morgan fingerprint density at radius 1 is 0.676 bits per heavy atom. The fraction of sp³-hybridized carbons (Fsp3) is 0.639. The fourth-order valence-electron chi connectivity index (χ4n) is 5.94. The molecule has 1 heterocycles. The molecule has 0 amide bonds. The highest BCUT2D eigenvalue weighted by atomic mass is 14.7. The number of benzene rings is 1. The predicted molar refractivity (Wildman–Crippen MR) is 163 cm³/mol. The van der Waals surface area contributed by atoms with Gasteiger partial charge in [-0.2, -0.15) is 0 Å². The van der Waals surface area contributed by atoms with Gasteiger partial charge in [-0.15, -0.1) is 0 Å². The topological polar surface area (TPSA) is 12.9 Å². The molecule has 0 bridgehead atoms. The number of unbranched alkanes of at least 4 members (excludes halogenated alkanes) is 9. The number of hydrogen-bond acceptors (Lipinski definition) is 1. The van der Waals surface area contributed by atoms with Crippen molar-refractivity contribution in [3.8, 4) is 11.3 Å². The molecule has 0 spiro atoms. The molecule has 3 rings (SSSR count). The summed E-state index contributed by atoms with van der Waals surface area (Å²) >= 11 is 0. The highest BCUT2D eigenvalue weighted by Gasteiger charge is 2.18. The molecule has 1 heteroatoms. The lowest BCUT2D eigenvalue weighted by Gasteiger charge is -2.26. The van der Waals surface area contributed by atoms with Gasteiger partial charge in [-0.05, 0) is 80.4 Å². The molecule has 1 fully saturated rings. The smallest absolute Gasteiger partial charge is 0.0702 e. The Hall–Kier alpha value is -1.89. The summed E-state index contributed by atoms with van der Waals surface area (Å²) < 4.78 is 0. The van der Waals surface area contributed by atoms with Crippen LogP contribution < -0.4 is 0 Å². The molecule has 1 aromatic carbocycles. The average molecular weight is 502 g/mol. The van der Waals surface area contributed by atoms with Gasteiger partial charge >= 0.3 is 0 Å². The number of nitrogens with zero attached hydrogens (tertiary/aromatic N) is 1. The molecule has 2 aromatic rings. The van der Waals surface area contributed by atoms with Gasteiger partial charge in [-0.1, -0.05) is 127 Å². The maximum atomic E-state index is 4.77. The molecule has 0 radical (unpaired) electrons. The van der Waals surface area contributed by atoms with E-state index in [0.29, 0.717) is 0 Å². The quantitative estimate of drug-likeness (QED) is 0.146. The average Bonchev–Trinajstić information content (AvgIpc) is 2.94. The van der Waals surface area contributed by atoms with Gasteiger partial charge in [0.25, 0.3) is 0 Å². The van der Waals surface area contributed by atoms with Gasteiger partial charge < -0.3 is 0 Å². The van der Waals surface area contributed by atoms with Gasteiger partial charge in [0.1, 0.15) is 0 Å². The lowest BCUT2D eigenvalue weighted by atomic mass is 9.79. The molecule has 1 aromatic heterocycles. The molecule has 1 aliphatic rings. The van der Waals surface area contributed by atoms with Gasteiger partial charge in [0.05, 0.1) is 5.69 Å². The zero-order valence-corrected chi connectivity index (χ0v) is 24.2. The first kappa shape index (κ1) is 29.7. The number of aromatic nitrogens is 1. The second-order valence-electron chi connectivity index (χ2n) is 11.7. The lowest BCUT2D eigenvalue weighted by molar-refractivity contribution is 0.289. The lowest BCUT2D eigenvalue weighted by Crippen LogP contribution is -2.13. The minimum atomic E-state index is 0.828. The summed E-state index contributed by atoms with van der Waals surface area (Å²) in [4.78, 5) is 4.77. The Bertz CT molecular complexity index is 839. The minimum absolute atomic E-state index is 0.828. The van der Waals surface area contributed by atoms with E-state index in [2.05, 4.69) is 68.6 Å². The van der Waals surface area contributed by atoms with Crippen molar-refractivity contribution in [2.75, 3.05) is 0 Å². The normalized spacial score (nSPS) is 18.0. The van der Waals surface area contributed by atoms with Crippen molar-refractivity contribution >= 4 is 0 Å². The maximum absolute atomic E-state index is 4.77. The Morgan fingerprint density at radius 2 is 1.32 bits per heavy atom. The van der Waals surface area contributed by atoms with E-state index >= 15 is 0 Å². The molecule has 1 saturated carbocycles. The maximum Gasteiger partial charge on any atom is 0.0702 e. The number of aryl methyl sites for hydroxylation is 2. The Labute approximate surface area is 229 Å². The van der Waals surface area contributed by atoms with Crippen molar-refractivity contribution < 1.29 is 0 Å². The van der Waals surface area contributed by atoms with Gasteiger partial charge in [-0.3, -0.25) is 4.98 Å². The second-order valence-corrected chi connectivity index (χ2v) is 11.7. The fourth-order valence-corrected chi connectivity index (χ4v) is 5.94. The van der Waals surface area contributed by atoms with Crippen LogP contribution in [0, 0.1) is 11.8 Å². The zero-order valence-electron chi connectivity index (χ0n) is 24.2. The van der Waals surface area contributed by atoms with Crippen LogP contribution in [0.2, 0.25) is 0 Å². The molecule has 0 saturated heterocycles.